The number of nitrogens with zero attached hydrogens (tertiary/aromatic N) is 1. The summed E-state index contributed by atoms with van der Waals surface area (Å²) in [5.74, 6) is -0.637. The average Bonchev–Trinajstić information content (AvgIpc) is 2.37. The van der Waals surface area contributed by atoms with Crippen molar-refractivity contribution in [3.05, 3.63) is 24.3 Å². The standard InChI is InChI=1S/C13H20N4O2/c1-3-17(8-12(15)18)9(2)13(19)16-11-6-4-10(14)5-7-11/h4-7,9H,3,8,14H2,1-2H3,(H2,15,18)(H,16,19). The zero-order valence-corrected chi connectivity index (χ0v) is 11.2. The zero-order valence-electron chi connectivity index (χ0n) is 11.2. The van der Waals surface area contributed by atoms with E-state index < -0.39 is 11.9 Å². The number of nitrogens with one attached hydrogen (secondary N) is 1. The van der Waals surface area contributed by atoms with Crippen molar-refractivity contribution >= 4 is 23.2 Å². The number of nitrogen functional groups attached to an aromatic ring is 1. The second-order valence-electron chi connectivity index (χ2n) is 4.32. The second-order valence-corrected chi connectivity index (χ2v) is 4.32. The first kappa shape index (κ1) is 15.0. The smallest absolute Gasteiger partial charge is 0.241 e. The molecule has 0 spiro atoms. The van der Waals surface area contributed by atoms with Crippen LogP contribution in [0.4, 0.5) is 11.4 Å². The van der Waals surface area contributed by atoms with Gasteiger partial charge >= 0.3 is 0 Å². The SMILES string of the molecule is CCN(CC(N)=O)C(C)C(=O)Nc1ccc(N)cc1. The fourth-order valence-electron chi connectivity index (χ4n) is 1.70. The lowest BCUT2D eigenvalue weighted by Crippen LogP contribution is -2.45. The van der Waals surface area contributed by atoms with Crippen molar-refractivity contribution in [1.82, 2.24) is 4.90 Å². The highest BCUT2D eigenvalue weighted by Gasteiger charge is 2.21. The highest BCUT2D eigenvalue weighted by atomic mass is 16.2. The van der Waals surface area contributed by atoms with Crippen LogP contribution in [-0.4, -0.2) is 35.8 Å². The first-order valence-corrected chi connectivity index (χ1v) is 6.12. The largest absolute Gasteiger partial charge is 0.399 e. The van der Waals surface area contributed by atoms with Crippen LogP contribution in [0.25, 0.3) is 0 Å². The summed E-state index contributed by atoms with van der Waals surface area (Å²) in [5.41, 5.74) is 12.0. The molecule has 2 amide bonds. The van der Waals surface area contributed by atoms with Gasteiger partial charge in [0.05, 0.1) is 12.6 Å². The predicted octanol–water partition coefficient (Wildman–Crippen LogP) is 0.403. The van der Waals surface area contributed by atoms with E-state index in [1.54, 1.807) is 36.1 Å². The Kier molecular flexibility index (Phi) is 5.32. The highest BCUT2D eigenvalue weighted by Crippen LogP contribution is 2.11. The van der Waals surface area contributed by atoms with Crippen LogP contribution < -0.4 is 16.8 Å². The zero-order chi connectivity index (χ0) is 14.4. The molecule has 0 aromatic heterocycles. The molecule has 0 bridgehead atoms. The molecule has 5 N–H and O–H groups in total. The summed E-state index contributed by atoms with van der Waals surface area (Å²) >= 11 is 0. The number of primary amides is 1. The van der Waals surface area contributed by atoms with Gasteiger partial charge < -0.3 is 16.8 Å². The van der Waals surface area contributed by atoms with E-state index in [4.69, 9.17) is 11.5 Å². The highest BCUT2D eigenvalue weighted by molar-refractivity contribution is 5.95. The number of likely N-dealkylation sites (N-methyl/N-ethyl adjacent to an activating group) is 1. The fourth-order valence-corrected chi connectivity index (χ4v) is 1.70. The number of benzene rings is 1. The van der Waals surface area contributed by atoms with E-state index >= 15 is 0 Å². The molecule has 0 saturated heterocycles. The Morgan fingerprint density at radius 1 is 1.32 bits per heavy atom. The molecule has 1 unspecified atom stereocenters. The monoisotopic (exact) mass is 264 g/mol. The van der Waals surface area contributed by atoms with Crippen molar-refractivity contribution in [3.8, 4) is 0 Å². The van der Waals surface area contributed by atoms with Crippen molar-refractivity contribution in [2.45, 2.75) is 19.9 Å². The molecular weight excluding hydrogens is 244 g/mol. The summed E-state index contributed by atoms with van der Waals surface area (Å²) in [6, 6.07) is 6.44. The molecule has 0 radical (unpaired) electrons. The van der Waals surface area contributed by atoms with Crippen molar-refractivity contribution in [2.24, 2.45) is 5.73 Å². The van der Waals surface area contributed by atoms with Crippen LogP contribution in [0.1, 0.15) is 13.8 Å². The third kappa shape index (κ3) is 4.59. The first-order chi connectivity index (χ1) is 8.93. The molecule has 0 aliphatic heterocycles. The third-order valence-electron chi connectivity index (χ3n) is 2.87. The summed E-state index contributed by atoms with van der Waals surface area (Å²) in [7, 11) is 0. The van der Waals surface area contributed by atoms with Crippen LogP contribution in [0.5, 0.6) is 0 Å². The maximum atomic E-state index is 12.0. The van der Waals surface area contributed by atoms with Gasteiger partial charge in [-0.2, -0.15) is 0 Å². The van der Waals surface area contributed by atoms with E-state index in [-0.39, 0.29) is 12.5 Å². The van der Waals surface area contributed by atoms with Crippen LogP contribution in [0, 0.1) is 0 Å². The van der Waals surface area contributed by atoms with Gasteiger partial charge in [-0.1, -0.05) is 6.92 Å². The van der Waals surface area contributed by atoms with E-state index in [9.17, 15) is 9.59 Å². The molecule has 1 rings (SSSR count). The normalized spacial score (nSPS) is 12.2. The molecule has 0 aliphatic carbocycles. The molecule has 6 heteroatoms. The van der Waals surface area contributed by atoms with E-state index in [0.717, 1.165) is 0 Å². The number of amides is 2. The van der Waals surface area contributed by atoms with Gasteiger partial charge in [0.25, 0.3) is 0 Å². The lowest BCUT2D eigenvalue weighted by molar-refractivity contribution is -0.123. The van der Waals surface area contributed by atoms with Crippen molar-refractivity contribution in [1.29, 1.82) is 0 Å². The lowest BCUT2D eigenvalue weighted by atomic mass is 10.2. The van der Waals surface area contributed by atoms with E-state index in [1.807, 2.05) is 6.92 Å². The molecule has 1 aromatic carbocycles. The van der Waals surface area contributed by atoms with Crippen molar-refractivity contribution in [3.63, 3.8) is 0 Å². The minimum atomic E-state index is -0.450. The fraction of sp³-hybridized carbons (Fsp3) is 0.385. The van der Waals surface area contributed by atoms with Crippen LogP contribution in [0.15, 0.2) is 24.3 Å². The Morgan fingerprint density at radius 3 is 2.37 bits per heavy atom. The number of hydrogen-bond donors (Lipinski definition) is 3. The lowest BCUT2D eigenvalue weighted by Gasteiger charge is -2.25. The molecule has 0 fully saturated rings. The quantitative estimate of drug-likeness (QED) is 0.647. The molecule has 1 aromatic rings. The molecule has 0 heterocycles. The van der Waals surface area contributed by atoms with Crippen LogP contribution in [0.3, 0.4) is 0 Å². The number of carbonyl (C=O) groups excluding carboxylic acids is 2. The molecular formula is C13H20N4O2. The van der Waals surface area contributed by atoms with Gasteiger partial charge in [-0.05, 0) is 37.7 Å². The van der Waals surface area contributed by atoms with Gasteiger partial charge in [-0.15, -0.1) is 0 Å². The van der Waals surface area contributed by atoms with Gasteiger partial charge in [0.1, 0.15) is 0 Å². The molecule has 6 nitrogen and oxygen atoms in total. The van der Waals surface area contributed by atoms with E-state index in [0.29, 0.717) is 17.9 Å². The summed E-state index contributed by atoms with van der Waals surface area (Å²) in [4.78, 5) is 24.7. The number of anilines is 2. The van der Waals surface area contributed by atoms with Crippen LogP contribution in [-0.2, 0) is 9.59 Å². The number of nitrogens with two attached hydrogens (primary N) is 2. The van der Waals surface area contributed by atoms with Crippen LogP contribution in [0.2, 0.25) is 0 Å². The van der Waals surface area contributed by atoms with Gasteiger partial charge in [0, 0.05) is 11.4 Å². The van der Waals surface area contributed by atoms with E-state index in [2.05, 4.69) is 5.32 Å². The number of rotatable bonds is 6. The number of carbonyl (C=O) groups is 2. The summed E-state index contributed by atoms with van der Waals surface area (Å²) in [6.45, 7) is 4.24. The van der Waals surface area contributed by atoms with Gasteiger partial charge in [-0.25, -0.2) is 0 Å². The first-order valence-electron chi connectivity index (χ1n) is 6.12. The second kappa shape index (κ2) is 6.75. The van der Waals surface area contributed by atoms with E-state index in [1.165, 1.54) is 0 Å². The molecule has 0 aliphatic rings. The van der Waals surface area contributed by atoms with Gasteiger partial charge in [0.2, 0.25) is 11.8 Å². The van der Waals surface area contributed by atoms with Crippen molar-refractivity contribution < 1.29 is 9.59 Å². The third-order valence-corrected chi connectivity index (χ3v) is 2.87. The maximum absolute atomic E-state index is 12.0. The van der Waals surface area contributed by atoms with Crippen molar-refractivity contribution in [2.75, 3.05) is 24.1 Å². The van der Waals surface area contributed by atoms with Crippen LogP contribution >= 0.6 is 0 Å². The topological polar surface area (TPSA) is 101 Å². The Bertz CT molecular complexity index is 444. The molecule has 1 atom stereocenters. The molecule has 104 valence electrons. The minimum Gasteiger partial charge on any atom is -0.399 e. The Balaban J connectivity index is 2.65. The Labute approximate surface area is 112 Å². The summed E-state index contributed by atoms with van der Waals surface area (Å²) in [5, 5.41) is 2.77. The molecule has 0 saturated carbocycles. The summed E-state index contributed by atoms with van der Waals surface area (Å²) < 4.78 is 0. The minimum absolute atomic E-state index is 0.0623. The van der Waals surface area contributed by atoms with Gasteiger partial charge in [0.15, 0.2) is 0 Å². The molecule has 19 heavy (non-hydrogen) atoms. The number of hydrogen-bond acceptors (Lipinski definition) is 4. The maximum Gasteiger partial charge on any atom is 0.241 e. The summed E-state index contributed by atoms with van der Waals surface area (Å²) in [6.07, 6.45) is 0. The Hall–Kier alpha value is -2.08. The average molecular weight is 264 g/mol. The Morgan fingerprint density at radius 2 is 1.89 bits per heavy atom. The van der Waals surface area contributed by atoms with Gasteiger partial charge in [-0.3, -0.25) is 14.5 Å². The predicted molar refractivity (Wildman–Crippen MR) is 75.4 cm³/mol.